The fraction of sp³-hybridized carbons (Fsp3) is 0.850. The van der Waals surface area contributed by atoms with E-state index in [1.807, 2.05) is 11.7 Å². The molecule has 1 aromatic heterocycles. The average molecular weight is 408 g/mol. The highest BCUT2D eigenvalue weighted by Crippen LogP contribution is 2.20. The van der Waals surface area contributed by atoms with Crippen LogP contribution in [0.5, 0.6) is 0 Å². The number of aliphatic imine (C=N–C) groups is 1. The molecule has 0 radical (unpaired) electrons. The number of rotatable bonds is 6. The van der Waals surface area contributed by atoms with Crippen LogP contribution in [-0.4, -0.2) is 83.2 Å². The molecule has 1 aromatic rings. The highest BCUT2D eigenvalue weighted by molar-refractivity contribution is 5.80. The number of nitrogens with zero attached hydrogens (tertiary/aromatic N) is 5. The van der Waals surface area contributed by atoms with Gasteiger partial charge in [-0.2, -0.15) is 5.10 Å². The Morgan fingerprint density at radius 2 is 2.00 bits per heavy atom. The molecule has 9 heteroatoms. The molecule has 2 N–H and O–H groups in total. The number of aryl methyl sites for hydroxylation is 1. The van der Waals surface area contributed by atoms with Crippen LogP contribution in [0.1, 0.15) is 45.8 Å². The Morgan fingerprint density at radius 3 is 2.66 bits per heavy atom. The van der Waals surface area contributed by atoms with E-state index in [9.17, 15) is 0 Å². The summed E-state index contributed by atoms with van der Waals surface area (Å²) in [6.07, 6.45) is 2.43. The van der Waals surface area contributed by atoms with E-state index in [1.165, 1.54) is 0 Å². The Balaban J connectivity index is 1.53. The van der Waals surface area contributed by atoms with Crippen LogP contribution in [0.4, 0.5) is 0 Å². The molecule has 164 valence electrons. The van der Waals surface area contributed by atoms with Gasteiger partial charge in [0.25, 0.3) is 0 Å². The minimum atomic E-state index is 0.00458. The van der Waals surface area contributed by atoms with Crippen LogP contribution < -0.4 is 10.6 Å². The number of fused-ring (bicyclic) bond motifs is 1. The molecule has 1 saturated heterocycles. The summed E-state index contributed by atoms with van der Waals surface area (Å²) in [7, 11) is 3.49. The van der Waals surface area contributed by atoms with Crippen LogP contribution in [-0.2, 0) is 29.0 Å². The number of morpholine rings is 1. The number of aromatic nitrogens is 3. The molecule has 0 amide bonds. The molecule has 0 aliphatic carbocycles. The second-order valence-electron chi connectivity index (χ2n) is 8.84. The molecule has 0 saturated carbocycles. The molecular formula is C20H37N7O2. The second-order valence-corrected chi connectivity index (χ2v) is 8.84. The van der Waals surface area contributed by atoms with Gasteiger partial charge in [0.1, 0.15) is 12.4 Å². The molecule has 3 unspecified atom stereocenters. The van der Waals surface area contributed by atoms with E-state index in [4.69, 9.17) is 9.47 Å². The Morgan fingerprint density at radius 1 is 1.28 bits per heavy atom. The number of guanidine groups is 1. The number of nitrogens with one attached hydrogen (secondary N) is 2. The van der Waals surface area contributed by atoms with Crippen molar-refractivity contribution < 1.29 is 9.47 Å². The van der Waals surface area contributed by atoms with Crippen molar-refractivity contribution in [2.45, 2.75) is 77.5 Å². The van der Waals surface area contributed by atoms with Gasteiger partial charge in [-0.25, -0.2) is 9.67 Å². The topological polar surface area (TPSA) is 88.8 Å². The first-order valence-corrected chi connectivity index (χ1v) is 10.6. The Labute approximate surface area is 174 Å². The molecule has 3 heterocycles. The van der Waals surface area contributed by atoms with Gasteiger partial charge < -0.3 is 20.1 Å². The smallest absolute Gasteiger partial charge is 0.191 e. The van der Waals surface area contributed by atoms with Crippen LogP contribution in [0.2, 0.25) is 0 Å². The number of hydrogen-bond acceptors (Lipinski definition) is 6. The minimum absolute atomic E-state index is 0.00458. The van der Waals surface area contributed by atoms with Crippen molar-refractivity contribution in [3.8, 4) is 0 Å². The molecule has 0 spiro atoms. The highest BCUT2D eigenvalue weighted by atomic mass is 16.5. The van der Waals surface area contributed by atoms with Gasteiger partial charge in [-0.3, -0.25) is 9.89 Å². The first-order valence-electron chi connectivity index (χ1n) is 10.6. The van der Waals surface area contributed by atoms with E-state index >= 15 is 0 Å². The maximum Gasteiger partial charge on any atom is 0.191 e. The van der Waals surface area contributed by atoms with E-state index in [-0.39, 0.29) is 23.8 Å². The molecule has 29 heavy (non-hydrogen) atoms. The average Bonchev–Trinajstić information content (AvgIpc) is 3.06. The second kappa shape index (κ2) is 9.40. The van der Waals surface area contributed by atoms with E-state index in [1.54, 1.807) is 7.11 Å². The van der Waals surface area contributed by atoms with Gasteiger partial charge in [0.15, 0.2) is 11.8 Å². The molecule has 0 bridgehead atoms. The predicted octanol–water partition coefficient (Wildman–Crippen LogP) is 0.792. The maximum absolute atomic E-state index is 5.89. The fourth-order valence-electron chi connectivity index (χ4n) is 4.14. The van der Waals surface area contributed by atoms with Crippen molar-refractivity contribution in [1.82, 2.24) is 30.3 Å². The fourth-order valence-corrected chi connectivity index (χ4v) is 4.14. The van der Waals surface area contributed by atoms with Crippen LogP contribution in [0.3, 0.4) is 0 Å². The van der Waals surface area contributed by atoms with E-state index in [0.717, 1.165) is 56.6 Å². The van der Waals surface area contributed by atoms with Gasteiger partial charge >= 0.3 is 0 Å². The van der Waals surface area contributed by atoms with Crippen LogP contribution in [0, 0.1) is 0 Å². The zero-order valence-corrected chi connectivity index (χ0v) is 18.7. The monoisotopic (exact) mass is 407 g/mol. The van der Waals surface area contributed by atoms with Gasteiger partial charge in [0.05, 0.1) is 18.8 Å². The third kappa shape index (κ3) is 5.67. The number of methoxy groups -OCH3 is 1. The summed E-state index contributed by atoms with van der Waals surface area (Å²) in [5.74, 6) is 2.62. The molecule has 1 fully saturated rings. The Hall–Kier alpha value is -1.71. The van der Waals surface area contributed by atoms with Crippen LogP contribution in [0.25, 0.3) is 0 Å². The van der Waals surface area contributed by atoms with Gasteiger partial charge in [-0.15, -0.1) is 0 Å². The molecule has 0 aromatic carbocycles. The van der Waals surface area contributed by atoms with E-state index in [2.05, 4.69) is 58.3 Å². The van der Waals surface area contributed by atoms with Gasteiger partial charge in [0.2, 0.25) is 0 Å². The predicted molar refractivity (Wildman–Crippen MR) is 113 cm³/mol. The van der Waals surface area contributed by atoms with E-state index in [0.29, 0.717) is 6.61 Å². The lowest BCUT2D eigenvalue weighted by atomic mass is 10.00. The summed E-state index contributed by atoms with van der Waals surface area (Å²) in [4.78, 5) is 11.5. The lowest BCUT2D eigenvalue weighted by Crippen LogP contribution is -2.60. The van der Waals surface area contributed by atoms with E-state index < -0.39 is 0 Å². The lowest BCUT2D eigenvalue weighted by Gasteiger charge is -2.45. The van der Waals surface area contributed by atoms with Crippen molar-refractivity contribution in [2.24, 2.45) is 4.99 Å². The molecule has 9 nitrogen and oxygen atoms in total. The quantitative estimate of drug-likeness (QED) is 0.532. The molecule has 3 atom stereocenters. The number of ether oxygens (including phenoxy) is 2. The highest BCUT2D eigenvalue weighted by Gasteiger charge is 2.33. The van der Waals surface area contributed by atoms with Crippen LogP contribution in [0.15, 0.2) is 4.99 Å². The zero-order valence-electron chi connectivity index (χ0n) is 18.7. The standard InChI is InChI=1S/C20H37N7O2/c1-14-9-26(10-15(2)29-14)20(3,4)13-22-19(21-5)23-16-7-8-18-24-17(12-28-6)25-27(18)11-16/h14-16H,7-13H2,1-6H3,(H2,21,22,23). The lowest BCUT2D eigenvalue weighted by molar-refractivity contribution is -0.0946. The Bertz CT molecular complexity index is 693. The summed E-state index contributed by atoms with van der Waals surface area (Å²) in [6, 6.07) is 0.275. The van der Waals surface area contributed by atoms with Crippen molar-refractivity contribution in [3.05, 3.63) is 11.6 Å². The summed E-state index contributed by atoms with van der Waals surface area (Å²) in [6.45, 7) is 12.8. The summed E-state index contributed by atoms with van der Waals surface area (Å²) in [5, 5.41) is 11.6. The maximum atomic E-state index is 5.89. The normalized spacial score (nSPS) is 26.3. The minimum Gasteiger partial charge on any atom is -0.377 e. The molecule has 3 rings (SSSR count). The zero-order chi connectivity index (χ0) is 21.0. The third-order valence-electron chi connectivity index (χ3n) is 5.70. The van der Waals surface area contributed by atoms with Crippen molar-refractivity contribution in [1.29, 1.82) is 0 Å². The SMILES string of the molecule is CN=C(NCC(C)(C)N1CC(C)OC(C)C1)NC1CCc2nc(COC)nn2C1. The number of hydrogen-bond donors (Lipinski definition) is 2. The molecular weight excluding hydrogens is 370 g/mol. The Kier molecular flexibility index (Phi) is 7.13. The van der Waals surface area contributed by atoms with Crippen molar-refractivity contribution in [2.75, 3.05) is 33.8 Å². The van der Waals surface area contributed by atoms with Gasteiger partial charge in [-0.1, -0.05) is 0 Å². The third-order valence-corrected chi connectivity index (χ3v) is 5.70. The van der Waals surface area contributed by atoms with Crippen molar-refractivity contribution in [3.63, 3.8) is 0 Å². The van der Waals surface area contributed by atoms with Gasteiger partial charge in [-0.05, 0) is 34.1 Å². The molecule has 2 aliphatic heterocycles. The first kappa shape index (κ1) is 22.0. The molecule has 2 aliphatic rings. The van der Waals surface area contributed by atoms with Gasteiger partial charge in [0, 0.05) is 51.8 Å². The van der Waals surface area contributed by atoms with Crippen LogP contribution >= 0.6 is 0 Å². The largest absolute Gasteiger partial charge is 0.377 e. The van der Waals surface area contributed by atoms with Crippen molar-refractivity contribution >= 4 is 5.96 Å². The summed E-state index contributed by atoms with van der Waals surface area (Å²) < 4.78 is 13.0. The summed E-state index contributed by atoms with van der Waals surface area (Å²) in [5.41, 5.74) is 0.00458. The summed E-state index contributed by atoms with van der Waals surface area (Å²) >= 11 is 0. The first-order chi connectivity index (χ1) is 13.8.